The molecule has 0 saturated carbocycles. The molecule has 4 aromatic heterocycles. The van der Waals surface area contributed by atoms with Gasteiger partial charge >= 0.3 is 0 Å². The van der Waals surface area contributed by atoms with Crippen LogP contribution in [0.5, 0.6) is 5.75 Å². The minimum Gasteiger partial charge on any atom is -0.495 e. The number of piperidine rings is 2. The number of hydrogen-bond donors (Lipinski definition) is 2. The van der Waals surface area contributed by atoms with Crippen molar-refractivity contribution in [2.45, 2.75) is 64.0 Å². The Morgan fingerprint density at radius 3 is 1.71 bits per heavy atom. The Labute approximate surface area is 315 Å². The SMILES string of the molecule is COc1cscc1C(=O)N1CCC(F)(CNCc2ccc(C)cn2)CC1.Cc1ccc(CNCC2(F)CCN(C(=O)c3ccsc3Br)CC2)nc1. The number of thiophene rings is 2. The van der Waals surface area contributed by atoms with E-state index in [1.54, 1.807) is 27.7 Å². The maximum atomic E-state index is 15.0. The van der Waals surface area contributed by atoms with Gasteiger partial charge in [0.25, 0.3) is 11.8 Å². The van der Waals surface area contributed by atoms with E-state index in [9.17, 15) is 14.0 Å². The van der Waals surface area contributed by atoms with Gasteiger partial charge in [0.05, 0.1) is 33.4 Å². The van der Waals surface area contributed by atoms with E-state index in [4.69, 9.17) is 4.74 Å². The molecule has 6 rings (SSSR count). The second-order valence-corrected chi connectivity index (χ2v) is 16.2. The molecular formula is C37H45BrF2N6O3S2. The Bertz CT molecular complexity index is 1720. The Kier molecular flexibility index (Phi) is 13.7. The smallest absolute Gasteiger partial charge is 0.258 e. The summed E-state index contributed by atoms with van der Waals surface area (Å²) < 4.78 is 36.0. The summed E-state index contributed by atoms with van der Waals surface area (Å²) in [7, 11) is 1.55. The van der Waals surface area contributed by atoms with Crippen molar-refractivity contribution in [3.63, 3.8) is 0 Å². The fourth-order valence-corrected chi connectivity index (χ4v) is 8.00. The van der Waals surface area contributed by atoms with Crippen LogP contribution in [0.2, 0.25) is 0 Å². The molecule has 51 heavy (non-hydrogen) atoms. The summed E-state index contributed by atoms with van der Waals surface area (Å²) in [5.41, 5.74) is 2.69. The fourth-order valence-electron chi connectivity index (χ4n) is 6.00. The van der Waals surface area contributed by atoms with Crippen LogP contribution >= 0.6 is 38.6 Å². The molecule has 0 radical (unpaired) electrons. The molecule has 0 aliphatic carbocycles. The molecule has 0 atom stereocenters. The standard InChI is InChI=1S/C19H24FN3O2S.C18H21BrFN3OS/c1-14-3-4-15(22-9-14)10-21-13-19(20)5-7-23(8-6-19)18(24)16-11-26-12-17(16)25-2;1-13-2-3-14(22-10-13)11-21-12-18(20)5-7-23(8-6-18)17(24)15-4-9-25-16(15)19/h3-4,9,11-12,21H,5-8,10,13H2,1-2H3;2-4,9-10,21H,5-8,11-12H2,1H3. The van der Waals surface area contributed by atoms with E-state index < -0.39 is 11.3 Å². The number of alkyl halides is 2. The van der Waals surface area contributed by atoms with Crippen molar-refractivity contribution in [3.05, 3.63) is 96.3 Å². The van der Waals surface area contributed by atoms with E-state index in [-0.39, 0.29) is 24.9 Å². The first kappa shape index (κ1) is 38.9. The third kappa shape index (κ3) is 10.9. The number of nitrogens with zero attached hydrogens (tertiary/aromatic N) is 4. The maximum absolute atomic E-state index is 15.0. The summed E-state index contributed by atoms with van der Waals surface area (Å²) >= 11 is 6.31. The highest BCUT2D eigenvalue weighted by Crippen LogP contribution is 2.31. The fraction of sp³-hybridized carbons (Fsp3) is 0.459. The number of ether oxygens (including phenoxy) is 1. The Morgan fingerprint density at radius 1 is 0.804 bits per heavy atom. The van der Waals surface area contributed by atoms with Gasteiger partial charge in [0.1, 0.15) is 17.1 Å². The van der Waals surface area contributed by atoms with Crippen molar-refractivity contribution in [1.82, 2.24) is 30.4 Å². The van der Waals surface area contributed by atoms with Gasteiger partial charge in [-0.25, -0.2) is 8.78 Å². The average Bonchev–Trinajstić information content (AvgIpc) is 3.79. The highest BCUT2D eigenvalue weighted by atomic mass is 79.9. The number of pyridine rings is 2. The number of hydrogen-bond acceptors (Lipinski definition) is 9. The van der Waals surface area contributed by atoms with Crippen LogP contribution in [0.1, 0.15) is 68.9 Å². The van der Waals surface area contributed by atoms with Gasteiger partial charge in [0.15, 0.2) is 0 Å². The van der Waals surface area contributed by atoms with Crippen LogP contribution in [0.3, 0.4) is 0 Å². The van der Waals surface area contributed by atoms with Crippen LogP contribution in [-0.4, -0.2) is 89.3 Å². The number of aromatic nitrogens is 2. The molecule has 0 aromatic carbocycles. The minimum atomic E-state index is -1.29. The quantitative estimate of drug-likeness (QED) is 0.166. The molecule has 4 aromatic rings. The lowest BCUT2D eigenvalue weighted by Crippen LogP contribution is -2.48. The number of amides is 2. The molecule has 6 heterocycles. The summed E-state index contributed by atoms with van der Waals surface area (Å²) in [5, 5.41) is 11.8. The topological polar surface area (TPSA) is 99.7 Å². The molecule has 2 amide bonds. The minimum absolute atomic E-state index is 0.0213. The monoisotopic (exact) mass is 802 g/mol. The Balaban J connectivity index is 0.000000198. The van der Waals surface area contributed by atoms with Crippen LogP contribution < -0.4 is 15.4 Å². The molecule has 2 fully saturated rings. The molecule has 9 nitrogen and oxygen atoms in total. The normalized spacial score (nSPS) is 16.7. The molecule has 2 saturated heterocycles. The van der Waals surface area contributed by atoms with Crippen molar-refractivity contribution >= 4 is 50.4 Å². The Morgan fingerprint density at radius 2 is 1.29 bits per heavy atom. The third-order valence-corrected chi connectivity index (χ3v) is 11.7. The molecule has 0 bridgehead atoms. The van der Waals surface area contributed by atoms with Gasteiger partial charge in [-0.2, -0.15) is 0 Å². The number of nitrogens with one attached hydrogen (secondary N) is 2. The lowest BCUT2D eigenvalue weighted by Gasteiger charge is -2.36. The van der Waals surface area contributed by atoms with Gasteiger partial charge in [0.2, 0.25) is 0 Å². The number of halogens is 3. The molecule has 14 heteroatoms. The molecular weight excluding hydrogens is 758 g/mol. The predicted octanol–water partition coefficient (Wildman–Crippen LogP) is 7.14. The van der Waals surface area contributed by atoms with Gasteiger partial charge in [-0.05, 0) is 64.5 Å². The first-order chi connectivity index (χ1) is 24.5. The van der Waals surface area contributed by atoms with E-state index in [1.165, 1.54) is 22.7 Å². The zero-order valence-corrected chi connectivity index (χ0v) is 32.4. The van der Waals surface area contributed by atoms with Crippen molar-refractivity contribution in [2.75, 3.05) is 46.4 Å². The van der Waals surface area contributed by atoms with Gasteiger partial charge in [-0.3, -0.25) is 19.6 Å². The van der Waals surface area contributed by atoms with Crippen LogP contribution in [0.4, 0.5) is 8.78 Å². The summed E-state index contributed by atoms with van der Waals surface area (Å²) in [5.74, 6) is 0.485. The maximum Gasteiger partial charge on any atom is 0.258 e. The number of carbonyl (C=O) groups excluding carboxylic acids is 2. The average molecular weight is 804 g/mol. The zero-order valence-electron chi connectivity index (χ0n) is 29.2. The molecule has 0 spiro atoms. The highest BCUT2D eigenvalue weighted by molar-refractivity contribution is 9.11. The van der Waals surface area contributed by atoms with Crippen molar-refractivity contribution in [2.24, 2.45) is 0 Å². The molecule has 0 unspecified atom stereocenters. The first-order valence-electron chi connectivity index (χ1n) is 17.0. The van der Waals surface area contributed by atoms with Crippen molar-refractivity contribution < 1.29 is 23.1 Å². The van der Waals surface area contributed by atoms with Crippen LogP contribution in [-0.2, 0) is 13.1 Å². The van der Waals surface area contributed by atoms with Crippen LogP contribution in [0, 0.1) is 13.8 Å². The summed E-state index contributed by atoms with van der Waals surface area (Å²) in [4.78, 5) is 37.1. The molecule has 2 aliphatic heterocycles. The highest BCUT2D eigenvalue weighted by Gasteiger charge is 2.37. The Hall–Kier alpha value is -3.30. The summed E-state index contributed by atoms with van der Waals surface area (Å²) in [6, 6.07) is 9.71. The molecule has 2 N–H and O–H groups in total. The summed E-state index contributed by atoms with van der Waals surface area (Å²) in [6.45, 7) is 7.35. The van der Waals surface area contributed by atoms with Gasteiger partial charge in [-0.1, -0.05) is 12.1 Å². The molecule has 2 aliphatic rings. The van der Waals surface area contributed by atoms with E-state index in [2.05, 4.69) is 36.5 Å². The van der Waals surface area contributed by atoms with E-state index in [1.807, 2.05) is 62.0 Å². The number of aryl methyl sites for hydroxylation is 2. The third-order valence-electron chi connectivity index (χ3n) is 9.26. The number of carbonyl (C=O) groups is 2. The first-order valence-corrected chi connectivity index (χ1v) is 19.6. The van der Waals surface area contributed by atoms with E-state index in [0.29, 0.717) is 81.8 Å². The lowest BCUT2D eigenvalue weighted by atomic mass is 9.93. The van der Waals surface area contributed by atoms with Crippen molar-refractivity contribution in [3.8, 4) is 5.75 Å². The number of methoxy groups -OCH3 is 1. The van der Waals surface area contributed by atoms with E-state index in [0.717, 1.165) is 26.3 Å². The zero-order chi connectivity index (χ0) is 36.4. The second-order valence-electron chi connectivity index (χ2n) is 13.2. The largest absolute Gasteiger partial charge is 0.495 e. The van der Waals surface area contributed by atoms with Crippen LogP contribution in [0.15, 0.2) is 62.7 Å². The molecule has 274 valence electrons. The number of likely N-dealkylation sites (tertiary alicyclic amines) is 2. The van der Waals surface area contributed by atoms with Crippen molar-refractivity contribution in [1.29, 1.82) is 0 Å². The van der Waals surface area contributed by atoms with Crippen LogP contribution in [0.25, 0.3) is 0 Å². The predicted molar refractivity (Wildman–Crippen MR) is 202 cm³/mol. The van der Waals surface area contributed by atoms with Gasteiger partial charge in [0, 0.05) is 101 Å². The lowest BCUT2D eigenvalue weighted by molar-refractivity contribution is 0.0424. The second kappa shape index (κ2) is 18.0. The van der Waals surface area contributed by atoms with Gasteiger partial charge < -0.3 is 25.2 Å². The van der Waals surface area contributed by atoms with E-state index >= 15 is 4.39 Å². The summed E-state index contributed by atoms with van der Waals surface area (Å²) in [6.07, 6.45) is 5.00. The van der Waals surface area contributed by atoms with Gasteiger partial charge in [-0.15, -0.1) is 22.7 Å². The number of rotatable bonds is 11.